The summed E-state index contributed by atoms with van der Waals surface area (Å²) in [6.45, 7) is 7.32. The highest BCUT2D eigenvalue weighted by Crippen LogP contribution is 2.07. The first-order valence-electron chi connectivity index (χ1n) is 5.76. The summed E-state index contributed by atoms with van der Waals surface area (Å²) in [6.07, 6.45) is 3.47. The van der Waals surface area contributed by atoms with Gasteiger partial charge in [-0.25, -0.2) is 0 Å². The molecule has 0 aliphatic carbocycles. The van der Waals surface area contributed by atoms with Crippen LogP contribution in [0, 0.1) is 0 Å². The number of carbonyl (C=O) groups excluding carboxylic acids is 1. The second-order valence-electron chi connectivity index (χ2n) is 4.19. The molecular weight excluding hydrogens is 240 g/mol. The van der Waals surface area contributed by atoms with E-state index in [1.807, 2.05) is 18.0 Å². The lowest BCUT2D eigenvalue weighted by Gasteiger charge is -2.31. The molecule has 6 heteroatoms. The number of halogens is 1. The van der Waals surface area contributed by atoms with Gasteiger partial charge in [-0.05, 0) is 13.8 Å². The first-order chi connectivity index (χ1) is 7.70. The van der Waals surface area contributed by atoms with Gasteiger partial charge in [-0.2, -0.15) is 5.10 Å². The van der Waals surface area contributed by atoms with Crippen molar-refractivity contribution in [1.82, 2.24) is 20.0 Å². The molecule has 1 amide bonds. The smallest absolute Gasteiger partial charge is 0.257 e. The Kier molecular flexibility index (Phi) is 4.96. The van der Waals surface area contributed by atoms with Crippen LogP contribution in [-0.4, -0.2) is 46.3 Å². The normalized spacial score (nSPS) is 19.9. The first-order valence-corrected chi connectivity index (χ1v) is 5.76. The lowest BCUT2D eigenvalue weighted by atomic mass is 10.2. The molecule has 1 aliphatic rings. The van der Waals surface area contributed by atoms with Gasteiger partial charge >= 0.3 is 0 Å². The molecule has 2 heterocycles. The van der Waals surface area contributed by atoms with Gasteiger partial charge in [-0.1, -0.05) is 0 Å². The molecule has 5 nitrogen and oxygen atoms in total. The molecule has 1 unspecified atom stereocenters. The highest BCUT2D eigenvalue weighted by atomic mass is 35.5. The number of nitrogens with one attached hydrogen (secondary N) is 1. The second kappa shape index (κ2) is 6.02. The minimum Gasteiger partial charge on any atom is -0.336 e. The van der Waals surface area contributed by atoms with Crippen molar-refractivity contribution in [2.75, 3.05) is 19.6 Å². The van der Waals surface area contributed by atoms with Crippen molar-refractivity contribution in [3.8, 4) is 0 Å². The molecule has 0 aromatic carbocycles. The SMILES string of the molecule is CCn1cc(C(=O)N2CCNC(C)C2)cn1.Cl. The monoisotopic (exact) mass is 258 g/mol. The fourth-order valence-electron chi connectivity index (χ4n) is 1.95. The average molecular weight is 259 g/mol. The van der Waals surface area contributed by atoms with Crippen LogP contribution in [0.2, 0.25) is 0 Å². The molecule has 0 spiro atoms. The van der Waals surface area contributed by atoms with E-state index in [2.05, 4.69) is 17.3 Å². The van der Waals surface area contributed by atoms with E-state index in [0.717, 1.165) is 26.2 Å². The highest BCUT2D eigenvalue weighted by molar-refractivity contribution is 5.93. The number of amides is 1. The van der Waals surface area contributed by atoms with Crippen molar-refractivity contribution in [3.05, 3.63) is 18.0 Å². The van der Waals surface area contributed by atoms with Crippen LogP contribution in [0.4, 0.5) is 0 Å². The summed E-state index contributed by atoms with van der Waals surface area (Å²) in [5.74, 6) is 0.0908. The van der Waals surface area contributed by atoms with Gasteiger partial charge in [0.25, 0.3) is 5.91 Å². The van der Waals surface area contributed by atoms with Crippen LogP contribution in [0.5, 0.6) is 0 Å². The van der Waals surface area contributed by atoms with E-state index in [1.165, 1.54) is 0 Å². The molecule has 1 saturated heterocycles. The van der Waals surface area contributed by atoms with Gasteiger partial charge < -0.3 is 10.2 Å². The molecule has 1 atom stereocenters. The third-order valence-electron chi connectivity index (χ3n) is 2.86. The molecule has 0 radical (unpaired) electrons. The Balaban J connectivity index is 0.00000144. The van der Waals surface area contributed by atoms with Crippen LogP contribution in [-0.2, 0) is 6.54 Å². The quantitative estimate of drug-likeness (QED) is 0.852. The molecule has 1 aromatic rings. The maximum Gasteiger partial charge on any atom is 0.257 e. The maximum atomic E-state index is 12.1. The van der Waals surface area contributed by atoms with Crippen LogP contribution in [0.3, 0.4) is 0 Å². The predicted octanol–water partition coefficient (Wildman–Crippen LogP) is 0.759. The first kappa shape index (κ1) is 14.0. The minimum atomic E-state index is 0. The standard InChI is InChI=1S/C11H18N4O.ClH/c1-3-15-8-10(6-13-15)11(16)14-5-4-12-9(2)7-14;/h6,8-9,12H,3-5,7H2,1-2H3;1H. The summed E-state index contributed by atoms with van der Waals surface area (Å²) in [5, 5.41) is 7.44. The zero-order valence-electron chi connectivity index (χ0n) is 10.2. The number of rotatable bonds is 2. The summed E-state index contributed by atoms with van der Waals surface area (Å²) < 4.78 is 1.78. The van der Waals surface area contributed by atoms with Crippen LogP contribution in [0.25, 0.3) is 0 Å². The van der Waals surface area contributed by atoms with E-state index >= 15 is 0 Å². The van der Waals surface area contributed by atoms with Gasteiger partial charge in [0.2, 0.25) is 0 Å². The lowest BCUT2D eigenvalue weighted by molar-refractivity contribution is 0.0709. The Labute approximate surface area is 108 Å². The molecule has 1 aliphatic heterocycles. The summed E-state index contributed by atoms with van der Waals surface area (Å²) in [5.41, 5.74) is 0.691. The Bertz CT molecular complexity index is 379. The van der Waals surface area contributed by atoms with Gasteiger partial charge in [0.1, 0.15) is 0 Å². The maximum absolute atomic E-state index is 12.1. The third-order valence-corrected chi connectivity index (χ3v) is 2.86. The Morgan fingerprint density at radius 3 is 3.00 bits per heavy atom. The minimum absolute atomic E-state index is 0. The van der Waals surface area contributed by atoms with Gasteiger partial charge in [-0.3, -0.25) is 9.48 Å². The number of nitrogens with zero attached hydrogens (tertiary/aromatic N) is 3. The number of hydrogen-bond acceptors (Lipinski definition) is 3. The van der Waals surface area contributed by atoms with Gasteiger partial charge in [0, 0.05) is 38.4 Å². The number of aryl methyl sites for hydroxylation is 1. The molecule has 2 rings (SSSR count). The fourth-order valence-corrected chi connectivity index (χ4v) is 1.95. The summed E-state index contributed by atoms with van der Waals surface area (Å²) in [6, 6.07) is 0.374. The summed E-state index contributed by atoms with van der Waals surface area (Å²) in [7, 11) is 0. The zero-order chi connectivity index (χ0) is 11.5. The molecule has 96 valence electrons. The molecule has 0 saturated carbocycles. The Morgan fingerprint density at radius 1 is 1.65 bits per heavy atom. The number of hydrogen-bond donors (Lipinski definition) is 1. The van der Waals surface area contributed by atoms with Crippen LogP contribution in [0.15, 0.2) is 12.4 Å². The van der Waals surface area contributed by atoms with Crippen molar-refractivity contribution >= 4 is 18.3 Å². The van der Waals surface area contributed by atoms with E-state index in [0.29, 0.717) is 11.6 Å². The molecule has 0 bridgehead atoms. The third kappa shape index (κ3) is 3.20. The molecule has 17 heavy (non-hydrogen) atoms. The summed E-state index contributed by atoms with van der Waals surface area (Å²) in [4.78, 5) is 14.0. The number of aromatic nitrogens is 2. The van der Waals surface area contributed by atoms with Gasteiger partial charge in [-0.15, -0.1) is 12.4 Å². The summed E-state index contributed by atoms with van der Waals surface area (Å²) >= 11 is 0. The van der Waals surface area contributed by atoms with Crippen LogP contribution < -0.4 is 5.32 Å². The molecule has 1 N–H and O–H groups in total. The van der Waals surface area contributed by atoms with Crippen molar-refractivity contribution in [2.45, 2.75) is 26.4 Å². The zero-order valence-corrected chi connectivity index (χ0v) is 11.0. The fraction of sp³-hybridized carbons (Fsp3) is 0.636. The topological polar surface area (TPSA) is 50.2 Å². The molecular formula is C11H19ClN4O. The van der Waals surface area contributed by atoms with Crippen molar-refractivity contribution in [1.29, 1.82) is 0 Å². The van der Waals surface area contributed by atoms with Crippen molar-refractivity contribution in [2.24, 2.45) is 0 Å². The van der Waals surface area contributed by atoms with Gasteiger partial charge in [0.15, 0.2) is 0 Å². The highest BCUT2D eigenvalue weighted by Gasteiger charge is 2.22. The van der Waals surface area contributed by atoms with Crippen molar-refractivity contribution in [3.63, 3.8) is 0 Å². The second-order valence-corrected chi connectivity index (χ2v) is 4.19. The molecule has 1 fully saturated rings. The number of carbonyl (C=O) groups is 1. The van der Waals surface area contributed by atoms with Crippen LogP contribution in [0.1, 0.15) is 24.2 Å². The molecule has 1 aromatic heterocycles. The Morgan fingerprint density at radius 2 is 2.41 bits per heavy atom. The van der Waals surface area contributed by atoms with Crippen LogP contribution >= 0.6 is 12.4 Å². The van der Waals surface area contributed by atoms with E-state index in [1.54, 1.807) is 10.9 Å². The average Bonchev–Trinajstić information content (AvgIpc) is 2.76. The predicted molar refractivity (Wildman–Crippen MR) is 68.5 cm³/mol. The Hall–Kier alpha value is -1.07. The van der Waals surface area contributed by atoms with Crippen molar-refractivity contribution < 1.29 is 4.79 Å². The van der Waals surface area contributed by atoms with E-state index in [-0.39, 0.29) is 18.3 Å². The lowest BCUT2D eigenvalue weighted by Crippen LogP contribution is -2.51. The number of piperazine rings is 1. The largest absolute Gasteiger partial charge is 0.336 e. The van der Waals surface area contributed by atoms with E-state index in [9.17, 15) is 4.79 Å². The van der Waals surface area contributed by atoms with E-state index in [4.69, 9.17) is 0 Å². The van der Waals surface area contributed by atoms with E-state index < -0.39 is 0 Å². The van der Waals surface area contributed by atoms with Gasteiger partial charge in [0.05, 0.1) is 11.8 Å².